The smallest absolute Gasteiger partial charge is 0.144 e. The fourth-order valence-corrected chi connectivity index (χ4v) is 2.51. The van der Waals surface area contributed by atoms with Crippen molar-refractivity contribution in [2.45, 2.75) is 31.7 Å². The maximum atomic E-state index is 13.2. The summed E-state index contributed by atoms with van der Waals surface area (Å²) >= 11 is 5.78. The molecule has 0 spiro atoms. The van der Waals surface area contributed by atoms with Crippen LogP contribution in [-0.4, -0.2) is 15.0 Å². The van der Waals surface area contributed by atoms with E-state index >= 15 is 0 Å². The molecule has 1 heterocycles. The Morgan fingerprint density at radius 3 is 2.81 bits per heavy atom. The Labute approximate surface area is 97.2 Å². The molecule has 1 aromatic carbocycles. The standard InChI is InChI=1S/C11H11ClFN3/c12-8-5-11-10(6-9(8)13)14-15-16(11)7-3-1-2-4-7/h5-7H,1-4H2. The van der Waals surface area contributed by atoms with Crippen molar-refractivity contribution in [1.29, 1.82) is 0 Å². The second kappa shape index (κ2) is 3.70. The largest absolute Gasteiger partial charge is 0.242 e. The Kier molecular flexibility index (Phi) is 2.32. The van der Waals surface area contributed by atoms with Gasteiger partial charge in [-0.05, 0) is 18.9 Å². The highest BCUT2D eigenvalue weighted by Gasteiger charge is 2.20. The number of halogens is 2. The zero-order valence-corrected chi connectivity index (χ0v) is 9.41. The molecule has 0 N–H and O–H groups in total. The van der Waals surface area contributed by atoms with E-state index < -0.39 is 5.82 Å². The maximum absolute atomic E-state index is 13.2. The van der Waals surface area contributed by atoms with Gasteiger partial charge >= 0.3 is 0 Å². The average Bonchev–Trinajstić information content (AvgIpc) is 2.87. The molecule has 0 saturated heterocycles. The van der Waals surface area contributed by atoms with Crippen molar-refractivity contribution in [2.24, 2.45) is 0 Å². The lowest BCUT2D eigenvalue weighted by molar-refractivity contribution is 0.467. The van der Waals surface area contributed by atoms with Gasteiger partial charge in [-0.25, -0.2) is 9.07 Å². The second-order valence-electron chi connectivity index (χ2n) is 4.23. The molecule has 1 aliphatic rings. The number of nitrogens with zero attached hydrogens (tertiary/aromatic N) is 3. The summed E-state index contributed by atoms with van der Waals surface area (Å²) in [6.45, 7) is 0. The number of fused-ring (bicyclic) bond motifs is 1. The molecule has 16 heavy (non-hydrogen) atoms. The zero-order valence-electron chi connectivity index (χ0n) is 8.66. The lowest BCUT2D eigenvalue weighted by Gasteiger charge is -2.09. The van der Waals surface area contributed by atoms with Gasteiger partial charge in [-0.1, -0.05) is 29.7 Å². The van der Waals surface area contributed by atoms with Crippen LogP contribution in [0.1, 0.15) is 31.7 Å². The number of rotatable bonds is 1. The van der Waals surface area contributed by atoms with Gasteiger partial charge in [-0.15, -0.1) is 5.10 Å². The molecule has 1 aromatic heterocycles. The molecular weight excluding hydrogens is 229 g/mol. The minimum Gasteiger partial charge on any atom is -0.242 e. The lowest BCUT2D eigenvalue weighted by Crippen LogP contribution is -2.06. The number of aromatic nitrogens is 3. The van der Waals surface area contributed by atoms with E-state index in [1.807, 2.05) is 4.68 Å². The van der Waals surface area contributed by atoms with E-state index in [1.165, 1.54) is 18.9 Å². The van der Waals surface area contributed by atoms with Crippen LogP contribution < -0.4 is 0 Å². The van der Waals surface area contributed by atoms with Crippen molar-refractivity contribution in [1.82, 2.24) is 15.0 Å². The molecular formula is C11H11ClFN3. The van der Waals surface area contributed by atoms with Crippen LogP contribution in [0.4, 0.5) is 4.39 Å². The molecule has 0 aliphatic heterocycles. The predicted molar refractivity (Wildman–Crippen MR) is 60.0 cm³/mol. The molecule has 0 atom stereocenters. The quantitative estimate of drug-likeness (QED) is 0.764. The van der Waals surface area contributed by atoms with Crippen LogP contribution >= 0.6 is 11.6 Å². The molecule has 3 nitrogen and oxygen atoms in total. The minimum atomic E-state index is -0.437. The number of benzene rings is 1. The summed E-state index contributed by atoms with van der Waals surface area (Å²) in [5.74, 6) is -0.437. The Hall–Kier alpha value is -1.16. The first-order valence-electron chi connectivity index (χ1n) is 5.45. The second-order valence-corrected chi connectivity index (χ2v) is 4.63. The summed E-state index contributed by atoms with van der Waals surface area (Å²) < 4.78 is 15.1. The van der Waals surface area contributed by atoms with E-state index in [1.54, 1.807) is 6.07 Å². The number of hydrogen-bond donors (Lipinski definition) is 0. The molecule has 3 rings (SSSR count). The van der Waals surface area contributed by atoms with E-state index in [0.717, 1.165) is 18.4 Å². The molecule has 84 valence electrons. The normalized spacial score (nSPS) is 17.4. The highest BCUT2D eigenvalue weighted by molar-refractivity contribution is 6.31. The van der Waals surface area contributed by atoms with Gasteiger partial charge in [0.15, 0.2) is 0 Å². The van der Waals surface area contributed by atoms with E-state index in [0.29, 0.717) is 11.6 Å². The third-order valence-electron chi connectivity index (χ3n) is 3.18. The lowest BCUT2D eigenvalue weighted by atomic mass is 10.2. The summed E-state index contributed by atoms with van der Waals surface area (Å²) in [6, 6.07) is 3.35. The van der Waals surface area contributed by atoms with Gasteiger partial charge in [0.05, 0.1) is 16.6 Å². The van der Waals surface area contributed by atoms with E-state index in [-0.39, 0.29) is 5.02 Å². The fraction of sp³-hybridized carbons (Fsp3) is 0.455. The molecule has 0 unspecified atom stereocenters. The summed E-state index contributed by atoms with van der Waals surface area (Å²) in [7, 11) is 0. The van der Waals surface area contributed by atoms with Crippen LogP contribution in [0.25, 0.3) is 11.0 Å². The topological polar surface area (TPSA) is 30.7 Å². The van der Waals surface area contributed by atoms with E-state index in [2.05, 4.69) is 10.3 Å². The molecule has 0 amide bonds. The first-order valence-corrected chi connectivity index (χ1v) is 5.83. The van der Waals surface area contributed by atoms with Gasteiger partial charge in [0.1, 0.15) is 11.3 Å². The Balaban J connectivity index is 2.15. The average molecular weight is 240 g/mol. The van der Waals surface area contributed by atoms with E-state index in [9.17, 15) is 4.39 Å². The maximum Gasteiger partial charge on any atom is 0.144 e. The zero-order chi connectivity index (χ0) is 11.1. The van der Waals surface area contributed by atoms with Crippen LogP contribution in [0, 0.1) is 5.82 Å². The van der Waals surface area contributed by atoms with Crippen molar-refractivity contribution >= 4 is 22.6 Å². The summed E-state index contributed by atoms with van der Waals surface area (Å²) in [5, 5.41) is 8.21. The molecule has 2 aromatic rings. The molecule has 1 saturated carbocycles. The van der Waals surface area contributed by atoms with Crippen molar-refractivity contribution in [3.05, 3.63) is 23.0 Å². The monoisotopic (exact) mass is 239 g/mol. The molecule has 1 aliphatic carbocycles. The van der Waals surface area contributed by atoms with Crippen molar-refractivity contribution in [3.63, 3.8) is 0 Å². The SMILES string of the molecule is Fc1cc2nnn(C3CCCC3)c2cc1Cl. The molecule has 0 radical (unpaired) electrons. The van der Waals surface area contributed by atoms with Crippen LogP contribution in [0.15, 0.2) is 12.1 Å². The number of hydrogen-bond acceptors (Lipinski definition) is 2. The fourth-order valence-electron chi connectivity index (χ4n) is 2.35. The summed E-state index contributed by atoms with van der Waals surface area (Å²) in [6.07, 6.45) is 4.68. The highest BCUT2D eigenvalue weighted by atomic mass is 35.5. The summed E-state index contributed by atoms with van der Waals surface area (Å²) in [4.78, 5) is 0. The van der Waals surface area contributed by atoms with Gasteiger partial charge in [-0.3, -0.25) is 0 Å². The van der Waals surface area contributed by atoms with Crippen molar-refractivity contribution in [2.75, 3.05) is 0 Å². The first kappa shape index (κ1) is 10.0. The van der Waals surface area contributed by atoms with Gasteiger partial charge in [0, 0.05) is 6.07 Å². The van der Waals surface area contributed by atoms with Gasteiger partial charge < -0.3 is 0 Å². The van der Waals surface area contributed by atoms with Gasteiger partial charge in [-0.2, -0.15) is 0 Å². The highest BCUT2D eigenvalue weighted by Crippen LogP contribution is 2.32. The predicted octanol–water partition coefficient (Wildman–Crippen LogP) is 3.34. The van der Waals surface area contributed by atoms with E-state index in [4.69, 9.17) is 11.6 Å². The van der Waals surface area contributed by atoms with Crippen molar-refractivity contribution < 1.29 is 4.39 Å². The van der Waals surface area contributed by atoms with Crippen LogP contribution in [0.2, 0.25) is 5.02 Å². The van der Waals surface area contributed by atoms with Crippen molar-refractivity contribution in [3.8, 4) is 0 Å². The van der Waals surface area contributed by atoms with Gasteiger partial charge in [0.2, 0.25) is 0 Å². The van der Waals surface area contributed by atoms with Crippen LogP contribution in [0.5, 0.6) is 0 Å². The Bertz CT molecular complexity index is 531. The Morgan fingerprint density at radius 1 is 1.31 bits per heavy atom. The Morgan fingerprint density at radius 2 is 2.06 bits per heavy atom. The van der Waals surface area contributed by atoms with Gasteiger partial charge in [0.25, 0.3) is 0 Å². The first-order chi connectivity index (χ1) is 7.75. The minimum absolute atomic E-state index is 0.133. The molecule has 5 heteroatoms. The third-order valence-corrected chi connectivity index (χ3v) is 3.47. The summed E-state index contributed by atoms with van der Waals surface area (Å²) in [5.41, 5.74) is 1.41. The third kappa shape index (κ3) is 1.48. The molecule has 0 bridgehead atoms. The van der Waals surface area contributed by atoms with Crippen LogP contribution in [-0.2, 0) is 0 Å². The molecule has 1 fully saturated rings. The van der Waals surface area contributed by atoms with Crippen LogP contribution in [0.3, 0.4) is 0 Å².